The van der Waals surface area contributed by atoms with Crippen LogP contribution in [0.2, 0.25) is 0 Å². The fourth-order valence-electron chi connectivity index (χ4n) is 6.95. The predicted octanol–water partition coefficient (Wildman–Crippen LogP) is 10.7. The molecule has 3 aromatic heterocycles. The van der Waals surface area contributed by atoms with Crippen molar-refractivity contribution < 1.29 is 0 Å². The standard InChI is InChI=1S/C41H29N3/c1-42-40-24-30-22-20-28-12-8-10-18-36(28)43(32-14-4-2-5-15-32)38(30)26-34(40)35-27-39-31(25-41(35)42)23-21-29-13-9-11-19-37(29)44(39)33-16-6-3-7-17-33/h2-27H,1H3. The number of fused-ring (bicyclic) bond motifs is 7. The van der Waals surface area contributed by atoms with Gasteiger partial charge in [0.05, 0.1) is 22.1 Å². The largest absolute Gasteiger partial charge is 0.344 e. The van der Waals surface area contributed by atoms with Crippen molar-refractivity contribution >= 4 is 65.4 Å². The summed E-state index contributed by atoms with van der Waals surface area (Å²) in [5, 5.41) is 7.29. The van der Waals surface area contributed by atoms with Gasteiger partial charge >= 0.3 is 0 Å². The summed E-state index contributed by atoms with van der Waals surface area (Å²) in [5.41, 5.74) is 9.45. The second-order valence-electron chi connectivity index (χ2n) is 11.5. The highest BCUT2D eigenvalue weighted by atomic mass is 15.0. The Morgan fingerprint density at radius 3 is 1.16 bits per heavy atom. The van der Waals surface area contributed by atoms with Crippen LogP contribution in [0.15, 0.2) is 158 Å². The SMILES string of the molecule is Cn1c2cc3ccc4ccccc4n(-c4ccccc4)c3cc2c2cc3c(ccc4ccccc4n3-c3ccccc3)cc21. The number of hydrogen-bond acceptors (Lipinski definition) is 0. The van der Waals surface area contributed by atoms with Gasteiger partial charge in [-0.25, -0.2) is 0 Å². The Labute approximate surface area is 254 Å². The number of hydrogen-bond donors (Lipinski definition) is 0. The zero-order valence-corrected chi connectivity index (χ0v) is 24.4. The summed E-state index contributed by atoms with van der Waals surface area (Å²) >= 11 is 0. The average Bonchev–Trinajstić information content (AvgIpc) is 3.19. The van der Waals surface area contributed by atoms with Gasteiger partial charge in [-0.3, -0.25) is 0 Å². The molecule has 3 heteroatoms. The zero-order valence-electron chi connectivity index (χ0n) is 24.4. The molecule has 9 aromatic rings. The quantitative estimate of drug-likeness (QED) is 0.199. The highest BCUT2D eigenvalue weighted by molar-refractivity contribution is 6.16. The van der Waals surface area contributed by atoms with E-state index >= 15 is 0 Å². The summed E-state index contributed by atoms with van der Waals surface area (Å²) in [6, 6.07) is 57.2. The summed E-state index contributed by atoms with van der Waals surface area (Å²) in [7, 11) is 2.19. The Bertz CT molecular complexity index is 2420. The van der Waals surface area contributed by atoms with E-state index in [9.17, 15) is 0 Å². The van der Waals surface area contributed by atoms with Crippen molar-refractivity contribution in [1.29, 1.82) is 0 Å². The van der Waals surface area contributed by atoms with Gasteiger partial charge in [0.1, 0.15) is 0 Å². The van der Waals surface area contributed by atoms with Crippen LogP contribution in [0, 0.1) is 0 Å². The summed E-state index contributed by atoms with van der Waals surface area (Å²) in [4.78, 5) is 0. The molecule has 44 heavy (non-hydrogen) atoms. The fraction of sp³-hybridized carbons (Fsp3) is 0.0244. The first-order valence-corrected chi connectivity index (χ1v) is 15.1. The lowest BCUT2D eigenvalue weighted by Gasteiger charge is -2.13. The van der Waals surface area contributed by atoms with Crippen molar-refractivity contribution in [2.75, 3.05) is 0 Å². The molecule has 0 bridgehead atoms. The van der Waals surface area contributed by atoms with E-state index in [2.05, 4.69) is 178 Å². The van der Waals surface area contributed by atoms with Crippen molar-refractivity contribution in [3.8, 4) is 11.4 Å². The molecule has 0 saturated heterocycles. The molecular weight excluding hydrogens is 534 g/mol. The Kier molecular flexibility index (Phi) is 5.41. The summed E-state index contributed by atoms with van der Waals surface area (Å²) in [6.07, 6.45) is 0. The summed E-state index contributed by atoms with van der Waals surface area (Å²) in [6.45, 7) is 0. The lowest BCUT2D eigenvalue weighted by atomic mass is 10.1. The van der Waals surface area contributed by atoms with Crippen LogP contribution in [-0.4, -0.2) is 13.7 Å². The smallest absolute Gasteiger partial charge is 0.0541 e. The highest BCUT2D eigenvalue weighted by Gasteiger charge is 2.15. The molecule has 0 aliphatic carbocycles. The van der Waals surface area contributed by atoms with Crippen LogP contribution in [-0.2, 0) is 7.05 Å². The molecule has 9 rings (SSSR count). The molecule has 0 saturated carbocycles. The van der Waals surface area contributed by atoms with Crippen LogP contribution in [0.5, 0.6) is 0 Å². The maximum Gasteiger partial charge on any atom is 0.0541 e. The number of benzene rings is 6. The van der Waals surface area contributed by atoms with E-state index in [0.717, 1.165) is 11.4 Å². The molecule has 0 amide bonds. The van der Waals surface area contributed by atoms with E-state index in [1.807, 2.05) is 0 Å². The van der Waals surface area contributed by atoms with Crippen LogP contribution >= 0.6 is 0 Å². The van der Waals surface area contributed by atoms with Gasteiger partial charge in [0.25, 0.3) is 0 Å². The van der Waals surface area contributed by atoms with Crippen LogP contribution in [0.1, 0.15) is 0 Å². The predicted molar refractivity (Wildman–Crippen MR) is 187 cm³/mol. The third-order valence-corrected chi connectivity index (χ3v) is 9.05. The Morgan fingerprint density at radius 1 is 0.318 bits per heavy atom. The minimum absolute atomic E-state index is 1.15. The summed E-state index contributed by atoms with van der Waals surface area (Å²) in [5.74, 6) is 0. The van der Waals surface area contributed by atoms with Gasteiger partial charge in [-0.15, -0.1) is 0 Å². The molecule has 0 spiro atoms. The molecular formula is C41H29N3. The second kappa shape index (κ2) is 9.62. The Balaban J connectivity index is 1.47. The molecule has 0 unspecified atom stereocenters. The van der Waals surface area contributed by atoms with E-state index in [4.69, 9.17) is 0 Å². The monoisotopic (exact) mass is 563 g/mol. The Hall–Kier alpha value is -5.80. The molecule has 3 nitrogen and oxygen atoms in total. The normalized spacial score (nSPS) is 11.8. The maximum atomic E-state index is 2.40. The van der Waals surface area contributed by atoms with Crippen molar-refractivity contribution in [2.45, 2.75) is 0 Å². The first-order valence-electron chi connectivity index (χ1n) is 15.1. The van der Waals surface area contributed by atoms with E-state index < -0.39 is 0 Å². The van der Waals surface area contributed by atoms with Gasteiger partial charge in [-0.2, -0.15) is 0 Å². The first kappa shape index (κ1) is 24.8. The maximum absolute atomic E-state index is 2.40. The van der Waals surface area contributed by atoms with E-state index in [1.165, 1.54) is 65.4 Å². The molecule has 3 heterocycles. The van der Waals surface area contributed by atoms with E-state index in [-0.39, 0.29) is 0 Å². The van der Waals surface area contributed by atoms with Crippen molar-refractivity contribution in [3.63, 3.8) is 0 Å². The molecule has 6 aromatic carbocycles. The molecule has 0 fully saturated rings. The third kappa shape index (κ3) is 3.69. The van der Waals surface area contributed by atoms with Crippen LogP contribution in [0.25, 0.3) is 76.8 Å². The molecule has 0 N–H and O–H groups in total. The number of aromatic nitrogens is 3. The highest BCUT2D eigenvalue weighted by Crippen LogP contribution is 2.37. The lowest BCUT2D eigenvalue weighted by Crippen LogP contribution is -1.96. The molecule has 0 aliphatic heterocycles. The van der Waals surface area contributed by atoms with E-state index in [0.29, 0.717) is 0 Å². The van der Waals surface area contributed by atoms with Crippen LogP contribution in [0.4, 0.5) is 0 Å². The molecule has 0 atom stereocenters. The minimum atomic E-state index is 1.15. The summed E-state index contributed by atoms with van der Waals surface area (Å²) < 4.78 is 7.16. The molecule has 0 aliphatic rings. The van der Waals surface area contributed by atoms with Gasteiger partial charge < -0.3 is 13.7 Å². The Morgan fingerprint density at radius 2 is 0.705 bits per heavy atom. The zero-order chi connectivity index (χ0) is 29.2. The minimum Gasteiger partial charge on any atom is -0.344 e. The number of nitrogens with zero attached hydrogens (tertiary/aromatic N) is 3. The van der Waals surface area contributed by atoms with Gasteiger partial charge in [-0.05, 0) is 71.4 Å². The number of para-hydroxylation sites is 4. The number of rotatable bonds is 2. The van der Waals surface area contributed by atoms with Crippen molar-refractivity contribution in [1.82, 2.24) is 13.7 Å². The number of aryl methyl sites for hydroxylation is 1. The second-order valence-corrected chi connectivity index (χ2v) is 11.5. The van der Waals surface area contributed by atoms with Crippen LogP contribution in [0.3, 0.4) is 0 Å². The van der Waals surface area contributed by atoms with Gasteiger partial charge in [0, 0.05) is 51.0 Å². The van der Waals surface area contributed by atoms with Gasteiger partial charge in [0.15, 0.2) is 0 Å². The third-order valence-electron chi connectivity index (χ3n) is 9.05. The van der Waals surface area contributed by atoms with Crippen LogP contribution < -0.4 is 0 Å². The van der Waals surface area contributed by atoms with E-state index in [1.54, 1.807) is 0 Å². The first-order chi connectivity index (χ1) is 21.7. The van der Waals surface area contributed by atoms with Crippen molar-refractivity contribution in [3.05, 3.63) is 158 Å². The fourth-order valence-corrected chi connectivity index (χ4v) is 6.95. The lowest BCUT2D eigenvalue weighted by molar-refractivity contribution is 1.02. The van der Waals surface area contributed by atoms with Gasteiger partial charge in [-0.1, -0.05) is 97.1 Å². The molecule has 0 radical (unpaired) electrons. The van der Waals surface area contributed by atoms with Crippen molar-refractivity contribution in [2.24, 2.45) is 7.05 Å². The van der Waals surface area contributed by atoms with Gasteiger partial charge in [0.2, 0.25) is 0 Å². The molecule has 208 valence electrons. The topological polar surface area (TPSA) is 14.8 Å². The average molecular weight is 564 g/mol.